The molecule has 0 aromatic rings. The zero-order valence-corrected chi connectivity index (χ0v) is 15.4. The lowest BCUT2D eigenvalue weighted by atomic mass is 9.81. The van der Waals surface area contributed by atoms with Crippen molar-refractivity contribution in [3.63, 3.8) is 0 Å². The molecule has 140 valence electrons. The van der Waals surface area contributed by atoms with Gasteiger partial charge in [0.2, 0.25) is 0 Å². The predicted molar refractivity (Wildman–Crippen MR) is 99.4 cm³/mol. The van der Waals surface area contributed by atoms with E-state index in [1.807, 2.05) is 0 Å². The van der Waals surface area contributed by atoms with Crippen LogP contribution in [0.3, 0.4) is 0 Å². The minimum Gasteiger partial charge on any atom is -0.393 e. The molecule has 1 aliphatic carbocycles. The van der Waals surface area contributed by atoms with E-state index in [0.29, 0.717) is 12.0 Å². The highest BCUT2D eigenvalue weighted by atomic mass is 16.3. The van der Waals surface area contributed by atoms with Gasteiger partial charge >= 0.3 is 0 Å². The first-order chi connectivity index (χ1) is 11.8. The first kappa shape index (κ1) is 18.6. The van der Waals surface area contributed by atoms with Crippen LogP contribution in [0.15, 0.2) is 0 Å². The van der Waals surface area contributed by atoms with E-state index in [4.69, 9.17) is 0 Å². The molecule has 2 bridgehead atoms. The molecule has 2 aliphatic heterocycles. The number of aliphatic hydroxyl groups excluding tert-OH is 1. The van der Waals surface area contributed by atoms with Gasteiger partial charge < -0.3 is 20.6 Å². The van der Waals surface area contributed by atoms with Crippen LogP contribution in [-0.4, -0.2) is 86.0 Å². The molecule has 3 rings (SSSR count). The van der Waals surface area contributed by atoms with Gasteiger partial charge in [-0.05, 0) is 57.7 Å². The second-order valence-electron chi connectivity index (χ2n) is 8.02. The Hall–Kier alpha value is -0.200. The highest BCUT2D eigenvalue weighted by Crippen LogP contribution is 2.30. The van der Waals surface area contributed by atoms with Crippen molar-refractivity contribution in [3.8, 4) is 0 Å². The van der Waals surface area contributed by atoms with Gasteiger partial charge in [-0.25, -0.2) is 0 Å². The third-order valence-electron chi connectivity index (χ3n) is 6.33. The van der Waals surface area contributed by atoms with Gasteiger partial charge in [0.15, 0.2) is 0 Å². The molecule has 0 spiro atoms. The van der Waals surface area contributed by atoms with Crippen molar-refractivity contribution < 1.29 is 5.11 Å². The molecular formula is C19H38N4O. The fourth-order valence-corrected chi connectivity index (χ4v) is 4.75. The topological polar surface area (TPSA) is 50.8 Å². The highest BCUT2D eigenvalue weighted by molar-refractivity contribution is 4.84. The maximum atomic E-state index is 10.4. The second-order valence-corrected chi connectivity index (χ2v) is 8.02. The zero-order valence-electron chi connectivity index (χ0n) is 15.4. The van der Waals surface area contributed by atoms with Crippen molar-refractivity contribution in [1.82, 2.24) is 20.4 Å². The smallest absolute Gasteiger partial charge is 0.0569 e. The third kappa shape index (κ3) is 5.67. The molecule has 5 unspecified atom stereocenters. The quantitative estimate of drug-likeness (QED) is 0.698. The zero-order chi connectivity index (χ0) is 16.6. The Bertz CT molecular complexity index is 352. The molecule has 0 amide bonds. The number of nitrogens with one attached hydrogen (secondary N) is 2. The number of nitrogens with zero attached hydrogens (tertiary/aromatic N) is 2. The van der Waals surface area contributed by atoms with E-state index < -0.39 is 0 Å². The van der Waals surface area contributed by atoms with Crippen LogP contribution < -0.4 is 10.6 Å². The average molecular weight is 339 g/mol. The largest absolute Gasteiger partial charge is 0.393 e. The summed E-state index contributed by atoms with van der Waals surface area (Å²) < 4.78 is 0. The summed E-state index contributed by atoms with van der Waals surface area (Å²) in [5, 5.41) is 17.7. The van der Waals surface area contributed by atoms with E-state index in [-0.39, 0.29) is 6.10 Å². The van der Waals surface area contributed by atoms with E-state index in [1.54, 1.807) is 0 Å². The highest BCUT2D eigenvalue weighted by Gasteiger charge is 2.29. The third-order valence-corrected chi connectivity index (χ3v) is 6.33. The molecule has 24 heavy (non-hydrogen) atoms. The fourth-order valence-electron chi connectivity index (χ4n) is 4.75. The lowest BCUT2D eigenvalue weighted by Crippen LogP contribution is -2.50. The number of aliphatic hydroxyl groups is 1. The number of hydrogen-bond donors (Lipinski definition) is 3. The van der Waals surface area contributed by atoms with E-state index in [2.05, 4.69) is 20.4 Å². The molecule has 2 heterocycles. The Labute approximate surface area is 148 Å². The van der Waals surface area contributed by atoms with Gasteiger partial charge in [0, 0.05) is 45.3 Å². The molecule has 5 atom stereocenters. The number of hydrogen-bond acceptors (Lipinski definition) is 5. The van der Waals surface area contributed by atoms with Crippen molar-refractivity contribution in [2.75, 3.05) is 58.9 Å². The van der Waals surface area contributed by atoms with E-state index in [9.17, 15) is 5.11 Å². The number of fused-ring (bicyclic) bond motifs is 3. The molecular weight excluding hydrogens is 300 g/mol. The van der Waals surface area contributed by atoms with E-state index in [1.165, 1.54) is 64.7 Å². The van der Waals surface area contributed by atoms with Gasteiger partial charge in [0.1, 0.15) is 0 Å². The second kappa shape index (κ2) is 10.1. The van der Waals surface area contributed by atoms with Crippen LogP contribution in [0.4, 0.5) is 0 Å². The summed E-state index contributed by atoms with van der Waals surface area (Å²) in [7, 11) is 0. The first-order valence-electron chi connectivity index (χ1n) is 10.4. The fraction of sp³-hybridized carbons (Fsp3) is 1.00. The Balaban J connectivity index is 1.64. The van der Waals surface area contributed by atoms with E-state index >= 15 is 0 Å². The minimum atomic E-state index is -0.0579. The summed E-state index contributed by atoms with van der Waals surface area (Å²) in [4.78, 5) is 5.35. The Morgan fingerprint density at radius 2 is 1.58 bits per heavy atom. The molecule has 5 heteroatoms. The summed E-state index contributed by atoms with van der Waals surface area (Å²) in [6.07, 6.45) is 8.38. The molecule has 1 saturated carbocycles. The summed E-state index contributed by atoms with van der Waals surface area (Å²) in [6, 6.07) is 0.622. The Morgan fingerprint density at radius 3 is 2.50 bits per heavy atom. The standard InChI is InChI=1S/C19H38N4O/c24-19-5-2-1-4-17(19)16-18-6-8-21-9-12-22-11-3-7-20-10-13-23(18)15-14-22/h17-21,24H,1-16H2. The van der Waals surface area contributed by atoms with Gasteiger partial charge in [0.25, 0.3) is 0 Å². The predicted octanol–water partition coefficient (Wildman–Crippen LogP) is 0.887. The van der Waals surface area contributed by atoms with Crippen molar-refractivity contribution in [1.29, 1.82) is 0 Å². The normalized spacial score (nSPS) is 40.1. The van der Waals surface area contributed by atoms with Crippen molar-refractivity contribution in [2.24, 2.45) is 5.92 Å². The maximum Gasteiger partial charge on any atom is 0.0569 e. The SMILES string of the molecule is OC1CCCCC1CC1CCNCCN2CCCNCCN1CC2. The van der Waals surface area contributed by atoms with Crippen LogP contribution in [-0.2, 0) is 0 Å². The Kier molecular flexibility index (Phi) is 7.80. The molecule has 3 aliphatic rings. The molecule has 0 radical (unpaired) electrons. The van der Waals surface area contributed by atoms with Crippen LogP contribution in [0.1, 0.15) is 44.9 Å². The van der Waals surface area contributed by atoms with Gasteiger partial charge in [-0.1, -0.05) is 12.8 Å². The molecule has 3 fully saturated rings. The molecule has 0 aromatic heterocycles. The lowest BCUT2D eigenvalue weighted by molar-refractivity contribution is 0.0391. The van der Waals surface area contributed by atoms with Crippen LogP contribution >= 0.6 is 0 Å². The Morgan fingerprint density at radius 1 is 0.750 bits per heavy atom. The van der Waals surface area contributed by atoms with Crippen LogP contribution in [0.2, 0.25) is 0 Å². The van der Waals surface area contributed by atoms with Crippen molar-refractivity contribution >= 4 is 0 Å². The summed E-state index contributed by atoms with van der Waals surface area (Å²) in [5.74, 6) is 0.520. The molecule has 5 nitrogen and oxygen atoms in total. The van der Waals surface area contributed by atoms with Gasteiger partial charge in [-0.2, -0.15) is 0 Å². The van der Waals surface area contributed by atoms with Crippen LogP contribution in [0.5, 0.6) is 0 Å². The lowest BCUT2D eigenvalue weighted by Gasteiger charge is -2.39. The monoisotopic (exact) mass is 338 g/mol. The summed E-state index contributed by atoms with van der Waals surface area (Å²) >= 11 is 0. The first-order valence-corrected chi connectivity index (χ1v) is 10.4. The minimum absolute atomic E-state index is 0.0579. The maximum absolute atomic E-state index is 10.4. The number of rotatable bonds is 2. The average Bonchev–Trinajstić information content (AvgIpc) is 2.61. The van der Waals surface area contributed by atoms with Gasteiger partial charge in [-0.15, -0.1) is 0 Å². The van der Waals surface area contributed by atoms with Crippen LogP contribution in [0, 0.1) is 5.92 Å². The molecule has 0 aromatic carbocycles. The van der Waals surface area contributed by atoms with Crippen molar-refractivity contribution in [2.45, 2.75) is 57.1 Å². The van der Waals surface area contributed by atoms with Gasteiger partial charge in [0.05, 0.1) is 6.10 Å². The summed E-state index contributed by atoms with van der Waals surface area (Å²) in [6.45, 7) is 10.4. The van der Waals surface area contributed by atoms with E-state index in [0.717, 1.165) is 39.1 Å². The molecule has 2 saturated heterocycles. The van der Waals surface area contributed by atoms with Crippen LogP contribution in [0.25, 0.3) is 0 Å². The van der Waals surface area contributed by atoms with Gasteiger partial charge in [-0.3, -0.25) is 4.90 Å². The summed E-state index contributed by atoms with van der Waals surface area (Å²) in [5.41, 5.74) is 0. The molecule has 3 N–H and O–H groups in total. The van der Waals surface area contributed by atoms with Crippen molar-refractivity contribution in [3.05, 3.63) is 0 Å².